The highest BCUT2D eigenvalue weighted by Gasteiger charge is 2.23. The summed E-state index contributed by atoms with van der Waals surface area (Å²) in [7, 11) is 1.64. The molecule has 0 bridgehead atoms. The fourth-order valence-electron chi connectivity index (χ4n) is 3.29. The van der Waals surface area contributed by atoms with Crippen molar-refractivity contribution in [3.05, 3.63) is 53.9 Å². The van der Waals surface area contributed by atoms with Crippen LogP contribution in [0.1, 0.15) is 22.8 Å². The Hall–Kier alpha value is -2.97. The Balaban J connectivity index is 1.55. The predicted molar refractivity (Wildman–Crippen MR) is 115 cm³/mol. The molecule has 0 radical (unpaired) electrons. The SMILES string of the molecule is CCOC(=O)c1cnc(N2CCN(C(/C=C/c3ccc(OC)cc3)CO)CC2)nc1. The van der Waals surface area contributed by atoms with Gasteiger partial charge in [0, 0.05) is 38.6 Å². The molecule has 2 aromatic rings. The monoisotopic (exact) mass is 412 g/mol. The molecule has 2 heterocycles. The number of methoxy groups -OCH3 is 1. The first-order chi connectivity index (χ1) is 14.6. The molecule has 0 aliphatic carbocycles. The highest BCUT2D eigenvalue weighted by molar-refractivity contribution is 5.88. The minimum Gasteiger partial charge on any atom is -0.497 e. The zero-order valence-corrected chi connectivity index (χ0v) is 17.4. The molecule has 1 aliphatic heterocycles. The number of hydrogen-bond acceptors (Lipinski definition) is 8. The third kappa shape index (κ3) is 5.55. The summed E-state index contributed by atoms with van der Waals surface area (Å²) in [6.07, 6.45) is 7.05. The van der Waals surface area contributed by atoms with Crippen molar-refractivity contribution in [2.75, 3.05) is 51.4 Å². The van der Waals surface area contributed by atoms with Gasteiger partial charge in [0.05, 0.1) is 31.9 Å². The van der Waals surface area contributed by atoms with Gasteiger partial charge in [-0.2, -0.15) is 0 Å². The van der Waals surface area contributed by atoms with Gasteiger partial charge in [0.2, 0.25) is 5.95 Å². The molecule has 1 fully saturated rings. The summed E-state index contributed by atoms with van der Waals surface area (Å²) in [5.74, 6) is 1.000. The molecule has 3 rings (SSSR count). The van der Waals surface area contributed by atoms with Crippen molar-refractivity contribution in [2.24, 2.45) is 0 Å². The summed E-state index contributed by atoms with van der Waals surface area (Å²) in [5.41, 5.74) is 1.41. The van der Waals surface area contributed by atoms with Crippen LogP contribution in [-0.4, -0.2) is 78.5 Å². The fourth-order valence-corrected chi connectivity index (χ4v) is 3.29. The molecule has 1 N–H and O–H groups in total. The zero-order valence-electron chi connectivity index (χ0n) is 17.4. The summed E-state index contributed by atoms with van der Waals surface area (Å²) in [6, 6.07) is 7.75. The fraction of sp³-hybridized carbons (Fsp3) is 0.409. The van der Waals surface area contributed by atoms with E-state index in [1.807, 2.05) is 36.4 Å². The van der Waals surface area contributed by atoms with E-state index in [1.54, 1.807) is 14.0 Å². The van der Waals surface area contributed by atoms with Gasteiger partial charge >= 0.3 is 5.97 Å². The molecule has 1 unspecified atom stereocenters. The summed E-state index contributed by atoms with van der Waals surface area (Å²) in [5, 5.41) is 9.85. The average molecular weight is 412 g/mol. The van der Waals surface area contributed by atoms with E-state index in [4.69, 9.17) is 9.47 Å². The normalized spacial score (nSPS) is 15.9. The minimum absolute atomic E-state index is 0.0530. The maximum absolute atomic E-state index is 11.7. The van der Waals surface area contributed by atoms with Crippen molar-refractivity contribution < 1.29 is 19.4 Å². The predicted octanol–water partition coefficient (Wildman–Crippen LogP) is 1.86. The number of benzene rings is 1. The topological polar surface area (TPSA) is 88.0 Å². The van der Waals surface area contributed by atoms with Crippen LogP contribution in [0.3, 0.4) is 0 Å². The lowest BCUT2D eigenvalue weighted by Gasteiger charge is -2.37. The molecule has 160 valence electrons. The van der Waals surface area contributed by atoms with Gasteiger partial charge in [-0.3, -0.25) is 4.90 Å². The second-order valence-electron chi connectivity index (χ2n) is 6.90. The van der Waals surface area contributed by atoms with Crippen LogP contribution in [0.4, 0.5) is 5.95 Å². The minimum atomic E-state index is -0.414. The number of esters is 1. The molecule has 1 aromatic carbocycles. The van der Waals surface area contributed by atoms with Crippen molar-refractivity contribution in [2.45, 2.75) is 13.0 Å². The zero-order chi connectivity index (χ0) is 21.3. The number of aromatic nitrogens is 2. The van der Waals surface area contributed by atoms with Gasteiger partial charge in [-0.15, -0.1) is 0 Å². The van der Waals surface area contributed by atoms with Crippen LogP contribution in [0.2, 0.25) is 0 Å². The van der Waals surface area contributed by atoms with E-state index in [9.17, 15) is 9.90 Å². The van der Waals surface area contributed by atoms with Crippen LogP contribution in [-0.2, 0) is 4.74 Å². The van der Waals surface area contributed by atoms with Crippen LogP contribution in [0.25, 0.3) is 6.08 Å². The first kappa shape index (κ1) is 21.7. The third-order valence-corrected chi connectivity index (χ3v) is 5.03. The lowest BCUT2D eigenvalue weighted by molar-refractivity contribution is 0.0525. The van der Waals surface area contributed by atoms with Gasteiger partial charge in [-0.05, 0) is 24.6 Å². The van der Waals surface area contributed by atoms with Gasteiger partial charge in [-0.1, -0.05) is 24.3 Å². The molecule has 0 saturated carbocycles. The number of carbonyl (C=O) groups is 1. The molecule has 8 heteroatoms. The van der Waals surface area contributed by atoms with Gasteiger partial charge in [0.1, 0.15) is 5.75 Å². The molecular weight excluding hydrogens is 384 g/mol. The number of anilines is 1. The van der Waals surface area contributed by atoms with Crippen molar-refractivity contribution >= 4 is 18.0 Å². The molecule has 1 aromatic heterocycles. The number of nitrogens with zero attached hydrogens (tertiary/aromatic N) is 4. The number of ether oxygens (including phenoxy) is 2. The molecule has 1 saturated heterocycles. The standard InChI is InChI=1S/C22H28N4O4/c1-3-30-21(28)18-14-23-22(24-15-18)26-12-10-25(11-13-26)19(16-27)7-4-17-5-8-20(29-2)9-6-17/h4-9,14-15,19,27H,3,10-13,16H2,1-2H3/b7-4+. The molecule has 8 nitrogen and oxygen atoms in total. The van der Waals surface area contributed by atoms with Crippen molar-refractivity contribution in [3.8, 4) is 5.75 Å². The Morgan fingerprint density at radius 2 is 1.83 bits per heavy atom. The lowest BCUT2D eigenvalue weighted by atomic mass is 10.1. The van der Waals surface area contributed by atoms with Gasteiger partial charge in [0.25, 0.3) is 0 Å². The van der Waals surface area contributed by atoms with Crippen molar-refractivity contribution in [1.82, 2.24) is 14.9 Å². The Labute approximate surface area is 176 Å². The van der Waals surface area contributed by atoms with Crippen LogP contribution >= 0.6 is 0 Å². The van der Waals surface area contributed by atoms with E-state index in [-0.39, 0.29) is 12.6 Å². The van der Waals surface area contributed by atoms with E-state index in [0.29, 0.717) is 18.1 Å². The highest BCUT2D eigenvalue weighted by Crippen LogP contribution is 2.16. The van der Waals surface area contributed by atoms with Gasteiger partial charge in [-0.25, -0.2) is 14.8 Å². The van der Waals surface area contributed by atoms with E-state index in [1.165, 1.54) is 12.4 Å². The van der Waals surface area contributed by atoms with E-state index in [2.05, 4.69) is 19.8 Å². The van der Waals surface area contributed by atoms with E-state index in [0.717, 1.165) is 37.5 Å². The number of aliphatic hydroxyl groups is 1. The van der Waals surface area contributed by atoms with Crippen molar-refractivity contribution in [1.29, 1.82) is 0 Å². The summed E-state index contributed by atoms with van der Waals surface area (Å²) in [4.78, 5) is 24.7. The van der Waals surface area contributed by atoms with Crippen LogP contribution in [0.5, 0.6) is 5.75 Å². The number of rotatable bonds is 8. The van der Waals surface area contributed by atoms with Gasteiger partial charge < -0.3 is 19.5 Å². The highest BCUT2D eigenvalue weighted by atomic mass is 16.5. The summed E-state index contributed by atoms with van der Waals surface area (Å²) in [6.45, 7) is 5.18. The largest absolute Gasteiger partial charge is 0.497 e. The summed E-state index contributed by atoms with van der Waals surface area (Å²) >= 11 is 0. The van der Waals surface area contributed by atoms with E-state index < -0.39 is 5.97 Å². The molecule has 30 heavy (non-hydrogen) atoms. The molecular formula is C22H28N4O4. The summed E-state index contributed by atoms with van der Waals surface area (Å²) < 4.78 is 10.1. The molecule has 1 atom stereocenters. The number of carbonyl (C=O) groups excluding carboxylic acids is 1. The van der Waals surface area contributed by atoms with Crippen LogP contribution in [0, 0.1) is 0 Å². The first-order valence-electron chi connectivity index (χ1n) is 10.1. The lowest BCUT2D eigenvalue weighted by Crippen LogP contribution is -2.51. The molecule has 0 spiro atoms. The Morgan fingerprint density at radius 1 is 1.17 bits per heavy atom. The van der Waals surface area contributed by atoms with Crippen LogP contribution in [0.15, 0.2) is 42.7 Å². The number of aliphatic hydroxyl groups excluding tert-OH is 1. The Kier molecular flexibility index (Phi) is 7.75. The quantitative estimate of drug-likeness (QED) is 0.658. The molecule has 0 amide bonds. The van der Waals surface area contributed by atoms with Gasteiger partial charge in [0.15, 0.2) is 0 Å². The van der Waals surface area contributed by atoms with Crippen LogP contribution < -0.4 is 9.64 Å². The number of piperazine rings is 1. The van der Waals surface area contributed by atoms with Crippen molar-refractivity contribution in [3.63, 3.8) is 0 Å². The molecule has 1 aliphatic rings. The number of hydrogen-bond donors (Lipinski definition) is 1. The Bertz CT molecular complexity index is 831. The second kappa shape index (κ2) is 10.7. The average Bonchev–Trinajstić information content (AvgIpc) is 2.80. The Morgan fingerprint density at radius 3 is 2.40 bits per heavy atom. The maximum Gasteiger partial charge on any atom is 0.341 e. The smallest absolute Gasteiger partial charge is 0.341 e. The second-order valence-corrected chi connectivity index (χ2v) is 6.90. The maximum atomic E-state index is 11.7. The first-order valence-corrected chi connectivity index (χ1v) is 10.1. The van der Waals surface area contributed by atoms with E-state index >= 15 is 0 Å². The third-order valence-electron chi connectivity index (χ3n) is 5.03.